The summed E-state index contributed by atoms with van der Waals surface area (Å²) in [6, 6.07) is 7.65. The summed E-state index contributed by atoms with van der Waals surface area (Å²) in [7, 11) is 0. The van der Waals surface area contributed by atoms with Crippen molar-refractivity contribution < 1.29 is 0 Å². The quantitative estimate of drug-likeness (QED) is 0.732. The molecule has 0 aliphatic heterocycles. The molecule has 0 amide bonds. The molecule has 0 saturated carbocycles. The van der Waals surface area contributed by atoms with Crippen molar-refractivity contribution in [2.45, 2.75) is 6.42 Å². The second kappa shape index (κ2) is 4.24. The average Bonchev–Trinajstić information content (AvgIpc) is 2.04. The molecule has 1 aromatic carbocycles. The van der Waals surface area contributed by atoms with Crippen molar-refractivity contribution in [3.63, 3.8) is 0 Å². The van der Waals surface area contributed by atoms with Gasteiger partial charge in [-0.3, -0.25) is 0 Å². The third-order valence-corrected chi connectivity index (χ3v) is 1.60. The summed E-state index contributed by atoms with van der Waals surface area (Å²) in [6.45, 7) is 4.63. The highest BCUT2D eigenvalue weighted by atomic mass is 35.5. The molecule has 0 aliphatic carbocycles. The first kappa shape index (κ1) is 8.41. The molecule has 0 aromatic heterocycles. The van der Waals surface area contributed by atoms with Crippen molar-refractivity contribution in [2.75, 3.05) is 11.9 Å². The minimum absolute atomic E-state index is 0.769. The SMILES string of the molecule is [CH2]CCNc1ccc(Cl)cc1. The van der Waals surface area contributed by atoms with Gasteiger partial charge in [0.1, 0.15) is 0 Å². The molecule has 1 N–H and O–H groups in total. The van der Waals surface area contributed by atoms with Crippen LogP contribution in [0.2, 0.25) is 5.02 Å². The fourth-order valence-electron chi connectivity index (χ4n) is 0.800. The van der Waals surface area contributed by atoms with Crippen molar-refractivity contribution >= 4 is 17.3 Å². The van der Waals surface area contributed by atoms with E-state index < -0.39 is 0 Å². The van der Waals surface area contributed by atoms with Gasteiger partial charge >= 0.3 is 0 Å². The Bertz CT molecular complexity index is 205. The van der Waals surface area contributed by atoms with Crippen molar-refractivity contribution in [3.8, 4) is 0 Å². The standard InChI is InChI=1S/C9H11ClN/c1-2-7-11-9-5-3-8(10)4-6-9/h3-6,11H,1-2,7H2. The molecule has 59 valence electrons. The molecule has 0 spiro atoms. The van der Waals surface area contributed by atoms with Gasteiger partial charge in [-0.05, 0) is 30.7 Å². The van der Waals surface area contributed by atoms with Crippen molar-refractivity contribution in [3.05, 3.63) is 36.2 Å². The third kappa shape index (κ3) is 2.81. The summed E-state index contributed by atoms with van der Waals surface area (Å²) in [5.41, 5.74) is 1.10. The fraction of sp³-hybridized carbons (Fsp3) is 0.222. The molecule has 2 heteroatoms. The van der Waals surface area contributed by atoms with Crippen LogP contribution in [0.5, 0.6) is 0 Å². The Labute approximate surface area is 72.4 Å². The first-order valence-electron chi connectivity index (χ1n) is 3.61. The summed E-state index contributed by atoms with van der Waals surface area (Å²) in [4.78, 5) is 0. The second-order valence-corrected chi connectivity index (χ2v) is 2.72. The Hall–Kier alpha value is -0.690. The van der Waals surface area contributed by atoms with Crippen LogP contribution in [0.15, 0.2) is 24.3 Å². The van der Waals surface area contributed by atoms with Gasteiger partial charge in [0.25, 0.3) is 0 Å². The summed E-state index contributed by atoms with van der Waals surface area (Å²) in [5.74, 6) is 0. The lowest BCUT2D eigenvalue weighted by Gasteiger charge is -2.02. The largest absolute Gasteiger partial charge is 0.385 e. The Kier molecular flexibility index (Phi) is 3.24. The lowest BCUT2D eigenvalue weighted by molar-refractivity contribution is 1.07. The molecule has 1 rings (SSSR count). The van der Waals surface area contributed by atoms with E-state index in [1.54, 1.807) is 0 Å². The van der Waals surface area contributed by atoms with Gasteiger partial charge in [-0.1, -0.05) is 18.5 Å². The first-order chi connectivity index (χ1) is 5.33. The molecular formula is C9H11ClN. The van der Waals surface area contributed by atoms with E-state index in [0.717, 1.165) is 23.7 Å². The van der Waals surface area contributed by atoms with Crippen LogP contribution in [0.1, 0.15) is 6.42 Å². The minimum atomic E-state index is 0.769. The van der Waals surface area contributed by atoms with E-state index in [4.69, 9.17) is 11.6 Å². The number of benzene rings is 1. The maximum Gasteiger partial charge on any atom is 0.0407 e. The zero-order valence-corrected chi connectivity index (χ0v) is 7.06. The monoisotopic (exact) mass is 168 g/mol. The van der Waals surface area contributed by atoms with Crippen LogP contribution < -0.4 is 5.32 Å². The maximum absolute atomic E-state index is 5.71. The van der Waals surface area contributed by atoms with Gasteiger partial charge in [0, 0.05) is 17.3 Å². The zero-order valence-electron chi connectivity index (χ0n) is 6.31. The molecule has 1 nitrogen and oxygen atoms in total. The molecule has 0 unspecified atom stereocenters. The molecule has 0 saturated heterocycles. The topological polar surface area (TPSA) is 12.0 Å². The normalized spacial score (nSPS) is 9.64. The number of hydrogen-bond acceptors (Lipinski definition) is 1. The molecule has 0 bridgehead atoms. The molecule has 0 atom stereocenters. The van der Waals surface area contributed by atoms with E-state index in [2.05, 4.69) is 12.2 Å². The Morgan fingerprint density at radius 2 is 1.91 bits per heavy atom. The number of rotatable bonds is 3. The Morgan fingerprint density at radius 1 is 1.27 bits per heavy atom. The first-order valence-corrected chi connectivity index (χ1v) is 3.99. The molecule has 11 heavy (non-hydrogen) atoms. The van der Waals surface area contributed by atoms with E-state index in [1.165, 1.54) is 0 Å². The summed E-state index contributed by atoms with van der Waals surface area (Å²) in [6.07, 6.45) is 0.891. The fourth-order valence-corrected chi connectivity index (χ4v) is 0.926. The Morgan fingerprint density at radius 3 is 2.45 bits per heavy atom. The second-order valence-electron chi connectivity index (χ2n) is 2.29. The highest BCUT2D eigenvalue weighted by molar-refractivity contribution is 6.30. The predicted octanol–water partition coefficient (Wildman–Crippen LogP) is 2.98. The zero-order chi connectivity index (χ0) is 8.10. The van der Waals surface area contributed by atoms with Gasteiger partial charge in [-0.25, -0.2) is 0 Å². The smallest absolute Gasteiger partial charge is 0.0407 e. The number of hydrogen-bond donors (Lipinski definition) is 1. The molecule has 0 fully saturated rings. The van der Waals surface area contributed by atoms with Crippen molar-refractivity contribution in [1.29, 1.82) is 0 Å². The van der Waals surface area contributed by atoms with E-state index >= 15 is 0 Å². The average molecular weight is 169 g/mol. The van der Waals surface area contributed by atoms with Gasteiger partial charge in [0.2, 0.25) is 0 Å². The van der Waals surface area contributed by atoms with Crippen molar-refractivity contribution in [2.24, 2.45) is 0 Å². The number of nitrogens with one attached hydrogen (secondary N) is 1. The van der Waals surface area contributed by atoms with Gasteiger partial charge in [0.05, 0.1) is 0 Å². The minimum Gasteiger partial charge on any atom is -0.385 e. The number of anilines is 1. The third-order valence-electron chi connectivity index (χ3n) is 1.35. The van der Waals surface area contributed by atoms with Crippen LogP contribution in [0, 0.1) is 6.92 Å². The highest BCUT2D eigenvalue weighted by Gasteiger charge is 1.88. The van der Waals surface area contributed by atoms with Crippen LogP contribution in [-0.4, -0.2) is 6.54 Å². The Balaban J connectivity index is 2.52. The van der Waals surface area contributed by atoms with E-state index in [0.29, 0.717) is 0 Å². The van der Waals surface area contributed by atoms with Crippen LogP contribution in [0.25, 0.3) is 0 Å². The molecule has 1 aromatic rings. The van der Waals surface area contributed by atoms with Gasteiger partial charge in [0.15, 0.2) is 0 Å². The highest BCUT2D eigenvalue weighted by Crippen LogP contribution is 2.12. The lowest BCUT2D eigenvalue weighted by atomic mass is 10.3. The molecule has 1 radical (unpaired) electrons. The lowest BCUT2D eigenvalue weighted by Crippen LogP contribution is -1.98. The van der Waals surface area contributed by atoms with E-state index in [9.17, 15) is 0 Å². The molecule has 0 heterocycles. The molecular weight excluding hydrogens is 158 g/mol. The van der Waals surface area contributed by atoms with Crippen LogP contribution >= 0.6 is 11.6 Å². The van der Waals surface area contributed by atoms with Gasteiger partial charge in [-0.2, -0.15) is 0 Å². The van der Waals surface area contributed by atoms with Crippen LogP contribution in [0.4, 0.5) is 5.69 Å². The van der Waals surface area contributed by atoms with Crippen LogP contribution in [0.3, 0.4) is 0 Å². The number of halogens is 1. The van der Waals surface area contributed by atoms with Gasteiger partial charge in [-0.15, -0.1) is 0 Å². The van der Waals surface area contributed by atoms with Crippen molar-refractivity contribution in [1.82, 2.24) is 0 Å². The van der Waals surface area contributed by atoms with Gasteiger partial charge < -0.3 is 5.32 Å². The van der Waals surface area contributed by atoms with E-state index in [1.807, 2.05) is 24.3 Å². The summed E-state index contributed by atoms with van der Waals surface area (Å²) in [5, 5.41) is 3.97. The van der Waals surface area contributed by atoms with Crippen LogP contribution in [-0.2, 0) is 0 Å². The predicted molar refractivity (Wildman–Crippen MR) is 49.9 cm³/mol. The summed E-state index contributed by atoms with van der Waals surface area (Å²) < 4.78 is 0. The molecule has 0 aliphatic rings. The van der Waals surface area contributed by atoms with E-state index in [-0.39, 0.29) is 0 Å². The maximum atomic E-state index is 5.71. The summed E-state index contributed by atoms with van der Waals surface area (Å²) >= 11 is 5.71.